The fraction of sp³-hybridized carbons (Fsp3) is 0.190. The summed E-state index contributed by atoms with van der Waals surface area (Å²) in [6.07, 6.45) is 0. The summed E-state index contributed by atoms with van der Waals surface area (Å²) in [6, 6.07) is 13.1. The molecule has 7 nitrogen and oxygen atoms in total. The van der Waals surface area contributed by atoms with Gasteiger partial charge in [0.15, 0.2) is 11.5 Å². The highest BCUT2D eigenvalue weighted by Crippen LogP contribution is 2.35. The first-order valence-corrected chi connectivity index (χ1v) is 9.79. The Bertz CT molecular complexity index is 1210. The van der Waals surface area contributed by atoms with Gasteiger partial charge in [0.2, 0.25) is 6.79 Å². The molecule has 0 unspecified atom stereocenters. The number of halogens is 2. The van der Waals surface area contributed by atoms with Gasteiger partial charge in [-0.2, -0.15) is 5.10 Å². The van der Waals surface area contributed by atoms with Gasteiger partial charge in [-0.1, -0.05) is 23.2 Å². The summed E-state index contributed by atoms with van der Waals surface area (Å²) in [5, 5.41) is 7.90. The molecule has 9 heteroatoms. The van der Waals surface area contributed by atoms with E-state index in [0.717, 1.165) is 10.2 Å². The molecule has 1 amide bonds. The molecule has 1 aliphatic rings. The minimum Gasteiger partial charge on any atom is -0.454 e. The molecule has 0 saturated heterocycles. The van der Waals surface area contributed by atoms with E-state index in [9.17, 15) is 9.59 Å². The topological polar surface area (TPSA) is 82.5 Å². The summed E-state index contributed by atoms with van der Waals surface area (Å²) >= 11 is 12.1. The predicted octanol–water partition coefficient (Wildman–Crippen LogP) is 4.32. The monoisotopic (exact) mass is 445 g/mol. The van der Waals surface area contributed by atoms with E-state index in [2.05, 4.69) is 10.4 Å². The summed E-state index contributed by atoms with van der Waals surface area (Å²) in [6.45, 7) is 3.35. The van der Waals surface area contributed by atoms with E-state index in [1.165, 1.54) is 12.1 Å². The molecule has 154 valence electrons. The highest BCUT2D eigenvalue weighted by molar-refractivity contribution is 6.35. The molecule has 0 spiro atoms. The number of carbonyl (C=O) groups is 1. The van der Waals surface area contributed by atoms with Gasteiger partial charge in [-0.3, -0.25) is 9.59 Å². The lowest BCUT2D eigenvalue weighted by Crippen LogP contribution is -2.47. The molecule has 0 radical (unpaired) electrons. The Hall–Kier alpha value is -3.03. The lowest BCUT2D eigenvalue weighted by atomic mass is 10.0. The van der Waals surface area contributed by atoms with Gasteiger partial charge in [-0.15, -0.1) is 0 Å². The average Bonchev–Trinajstić information content (AvgIpc) is 3.18. The molecule has 0 fully saturated rings. The SMILES string of the molecule is CC(C)(C(=O)Nc1cc(Cl)ccc1Cl)n1nc(-c2ccc3c(c2)OCO3)ccc1=O. The second kappa shape index (κ2) is 7.66. The third kappa shape index (κ3) is 3.74. The van der Waals surface area contributed by atoms with Crippen molar-refractivity contribution >= 4 is 34.8 Å². The number of rotatable bonds is 4. The van der Waals surface area contributed by atoms with Crippen LogP contribution in [0.5, 0.6) is 11.5 Å². The quantitative estimate of drug-likeness (QED) is 0.646. The van der Waals surface area contributed by atoms with Gasteiger partial charge in [0.25, 0.3) is 11.5 Å². The molecule has 2 aromatic carbocycles. The molecule has 3 aromatic rings. The van der Waals surface area contributed by atoms with Gasteiger partial charge in [0.1, 0.15) is 5.54 Å². The number of hydrogen-bond acceptors (Lipinski definition) is 5. The van der Waals surface area contributed by atoms with E-state index in [1.807, 2.05) is 6.07 Å². The zero-order chi connectivity index (χ0) is 21.5. The van der Waals surface area contributed by atoms with E-state index >= 15 is 0 Å². The number of nitrogens with zero attached hydrogens (tertiary/aromatic N) is 2. The second-order valence-corrected chi connectivity index (χ2v) is 8.02. The van der Waals surface area contributed by atoms with E-state index < -0.39 is 17.0 Å². The summed E-state index contributed by atoms with van der Waals surface area (Å²) in [4.78, 5) is 25.5. The van der Waals surface area contributed by atoms with Crippen LogP contribution in [0.25, 0.3) is 11.3 Å². The lowest BCUT2D eigenvalue weighted by Gasteiger charge is -2.25. The minimum atomic E-state index is -1.31. The maximum absolute atomic E-state index is 13.0. The van der Waals surface area contributed by atoms with Gasteiger partial charge in [0, 0.05) is 16.7 Å². The van der Waals surface area contributed by atoms with Gasteiger partial charge in [-0.25, -0.2) is 4.68 Å². The van der Waals surface area contributed by atoms with Crippen LogP contribution in [0, 0.1) is 0 Å². The molecule has 1 aromatic heterocycles. The molecule has 0 aliphatic carbocycles. The zero-order valence-electron chi connectivity index (χ0n) is 16.1. The van der Waals surface area contributed by atoms with Crippen LogP contribution in [0.1, 0.15) is 13.8 Å². The van der Waals surface area contributed by atoms with Gasteiger partial charge in [-0.05, 0) is 56.3 Å². The van der Waals surface area contributed by atoms with Crippen molar-refractivity contribution in [1.29, 1.82) is 0 Å². The minimum absolute atomic E-state index is 0.158. The maximum atomic E-state index is 13.0. The fourth-order valence-corrected chi connectivity index (χ4v) is 3.32. The Morgan fingerprint density at radius 1 is 1.07 bits per heavy atom. The third-order valence-electron chi connectivity index (χ3n) is 4.73. The molecular weight excluding hydrogens is 429 g/mol. The first kappa shape index (κ1) is 20.3. The summed E-state index contributed by atoms with van der Waals surface area (Å²) in [7, 11) is 0. The molecule has 2 heterocycles. The number of nitrogens with one attached hydrogen (secondary N) is 1. The fourth-order valence-electron chi connectivity index (χ4n) is 2.99. The van der Waals surface area contributed by atoms with E-state index in [4.69, 9.17) is 32.7 Å². The van der Waals surface area contributed by atoms with Crippen LogP contribution in [0.3, 0.4) is 0 Å². The number of ether oxygens (including phenoxy) is 2. The van der Waals surface area contributed by atoms with Gasteiger partial charge in [0.05, 0.1) is 16.4 Å². The number of carbonyl (C=O) groups excluding carboxylic acids is 1. The normalized spacial score (nSPS) is 12.7. The number of aromatic nitrogens is 2. The van der Waals surface area contributed by atoms with Crippen molar-refractivity contribution in [3.63, 3.8) is 0 Å². The highest BCUT2D eigenvalue weighted by Gasteiger charge is 2.33. The zero-order valence-corrected chi connectivity index (χ0v) is 17.6. The van der Waals surface area contributed by atoms with Gasteiger partial charge >= 0.3 is 0 Å². The summed E-state index contributed by atoms with van der Waals surface area (Å²) in [5.74, 6) is 0.772. The van der Waals surface area contributed by atoms with Crippen molar-refractivity contribution in [2.24, 2.45) is 0 Å². The Morgan fingerprint density at radius 3 is 2.63 bits per heavy atom. The Morgan fingerprint density at radius 2 is 1.83 bits per heavy atom. The van der Waals surface area contributed by atoms with Crippen molar-refractivity contribution in [2.45, 2.75) is 19.4 Å². The number of amides is 1. The van der Waals surface area contributed by atoms with Crippen LogP contribution in [-0.2, 0) is 10.3 Å². The van der Waals surface area contributed by atoms with Crippen LogP contribution in [-0.4, -0.2) is 22.5 Å². The van der Waals surface area contributed by atoms with Crippen molar-refractivity contribution < 1.29 is 14.3 Å². The van der Waals surface area contributed by atoms with Crippen molar-refractivity contribution in [3.8, 4) is 22.8 Å². The van der Waals surface area contributed by atoms with E-state index in [0.29, 0.717) is 32.9 Å². The smallest absolute Gasteiger partial charge is 0.267 e. The molecular formula is C21H17Cl2N3O4. The standard InChI is InChI=1S/C21H17Cl2N3O4/c1-21(2,20(28)24-16-10-13(22)4-5-14(16)23)26-19(27)8-6-15(25-26)12-3-7-17-18(9-12)30-11-29-17/h3-10H,11H2,1-2H3,(H,24,28). The summed E-state index contributed by atoms with van der Waals surface area (Å²) < 4.78 is 11.9. The summed E-state index contributed by atoms with van der Waals surface area (Å²) in [5.41, 5.74) is -0.148. The number of fused-ring (bicyclic) bond motifs is 1. The Kier molecular flexibility index (Phi) is 5.17. The van der Waals surface area contributed by atoms with Crippen molar-refractivity contribution in [3.05, 3.63) is 68.9 Å². The molecule has 4 rings (SSSR count). The van der Waals surface area contributed by atoms with E-state index in [-0.39, 0.29) is 6.79 Å². The Labute approximate surface area is 182 Å². The van der Waals surface area contributed by atoms with Gasteiger partial charge < -0.3 is 14.8 Å². The molecule has 0 bridgehead atoms. The first-order chi connectivity index (χ1) is 14.3. The van der Waals surface area contributed by atoms with Crippen LogP contribution in [0.4, 0.5) is 5.69 Å². The molecule has 0 atom stereocenters. The maximum Gasteiger partial charge on any atom is 0.267 e. The number of hydrogen-bond donors (Lipinski definition) is 1. The second-order valence-electron chi connectivity index (χ2n) is 7.17. The van der Waals surface area contributed by atoms with Crippen LogP contribution < -0.4 is 20.3 Å². The highest BCUT2D eigenvalue weighted by atomic mass is 35.5. The molecule has 1 N–H and O–H groups in total. The lowest BCUT2D eigenvalue weighted by molar-refractivity contribution is -0.123. The van der Waals surface area contributed by atoms with Crippen LogP contribution in [0.15, 0.2) is 53.3 Å². The first-order valence-electron chi connectivity index (χ1n) is 9.03. The number of benzene rings is 2. The van der Waals surface area contributed by atoms with E-state index in [1.54, 1.807) is 44.2 Å². The number of anilines is 1. The predicted molar refractivity (Wildman–Crippen MR) is 114 cm³/mol. The largest absolute Gasteiger partial charge is 0.454 e. The Balaban J connectivity index is 1.68. The molecule has 30 heavy (non-hydrogen) atoms. The average molecular weight is 446 g/mol. The van der Waals surface area contributed by atoms with Crippen LogP contribution in [0.2, 0.25) is 10.0 Å². The van der Waals surface area contributed by atoms with Crippen molar-refractivity contribution in [1.82, 2.24) is 9.78 Å². The molecule has 0 saturated carbocycles. The molecule has 1 aliphatic heterocycles. The van der Waals surface area contributed by atoms with Crippen molar-refractivity contribution in [2.75, 3.05) is 12.1 Å². The third-order valence-corrected chi connectivity index (χ3v) is 5.30. The van der Waals surface area contributed by atoms with Crippen LogP contribution >= 0.6 is 23.2 Å².